The van der Waals surface area contributed by atoms with E-state index in [1.54, 1.807) is 0 Å². The first kappa shape index (κ1) is 39.6. The minimum absolute atomic E-state index is 0.0501. The number of nitrogens with two attached hydrogens (primary N) is 2. The highest BCUT2D eigenvalue weighted by Crippen LogP contribution is 2.13. The van der Waals surface area contributed by atoms with Crippen molar-refractivity contribution >= 4 is 47.7 Å². The Balaban J connectivity index is 4.24. The van der Waals surface area contributed by atoms with E-state index in [1.807, 2.05) is 0 Å². The second kappa shape index (κ2) is 25.1. The van der Waals surface area contributed by atoms with Crippen molar-refractivity contribution in [3.05, 3.63) is 0 Å². The molecule has 0 aromatic heterocycles. The second-order valence-corrected chi connectivity index (χ2v) is 9.61. The molecule has 0 fully saturated rings. The van der Waals surface area contributed by atoms with E-state index in [0.29, 0.717) is 12.8 Å². The quantitative estimate of drug-likeness (QED) is 0.0465. The molecule has 248 valence electrons. The third kappa shape index (κ3) is 21.9. The minimum Gasteiger partial charge on any atom is -0.438 e. The number of carbonyl (C=O) groups excluding carboxylic acids is 6. The molecule has 0 saturated heterocycles. The molecule has 0 heterocycles. The fraction of sp³-hybridized carbons (Fsp3) is 0.750. The summed E-state index contributed by atoms with van der Waals surface area (Å²) in [4.78, 5) is 69.2. The predicted octanol–water partition coefficient (Wildman–Crippen LogP) is -2.62. The van der Waals surface area contributed by atoms with Crippen LogP contribution < -0.4 is 27.4 Å². The molecule has 0 aliphatic carbocycles. The Morgan fingerprint density at radius 3 is 2.16 bits per heavy atom. The zero-order chi connectivity index (χ0) is 32.5. The molecular formula is C24H43N5O13S. The number of hydrogen-bond donors (Lipinski definition) is 6. The summed E-state index contributed by atoms with van der Waals surface area (Å²) in [5.41, 5.74) is 10.8. The van der Waals surface area contributed by atoms with E-state index in [4.69, 9.17) is 30.4 Å². The Labute approximate surface area is 253 Å². The number of methoxy groups -OCH3 is 2. The molecule has 0 radical (unpaired) electrons. The summed E-state index contributed by atoms with van der Waals surface area (Å²) in [6, 6.07) is -2.27. The van der Waals surface area contributed by atoms with Crippen molar-refractivity contribution in [3.8, 4) is 0 Å². The highest BCUT2D eigenvalue weighted by molar-refractivity contribution is 7.99. The Morgan fingerprint density at radius 2 is 1.53 bits per heavy atom. The summed E-state index contributed by atoms with van der Waals surface area (Å²) in [7, 11) is 2.34. The fourth-order valence-corrected chi connectivity index (χ4v) is 3.93. The summed E-state index contributed by atoms with van der Waals surface area (Å²) >= 11 is 1.22. The third-order valence-electron chi connectivity index (χ3n) is 5.09. The van der Waals surface area contributed by atoms with E-state index in [9.17, 15) is 33.9 Å². The largest absolute Gasteiger partial charge is 0.508 e. The van der Waals surface area contributed by atoms with Crippen LogP contribution in [0, 0.1) is 0 Å². The van der Waals surface area contributed by atoms with Crippen molar-refractivity contribution in [2.45, 2.75) is 37.5 Å². The topological polar surface area (TPSA) is 266 Å². The van der Waals surface area contributed by atoms with Crippen LogP contribution in [-0.2, 0) is 47.6 Å². The highest BCUT2D eigenvalue weighted by atomic mass is 32.2. The number of primary amides is 1. The molecule has 0 saturated carbocycles. The molecule has 0 aliphatic heterocycles. The van der Waals surface area contributed by atoms with Gasteiger partial charge in [-0.15, -0.1) is 0 Å². The lowest BCUT2D eigenvalue weighted by molar-refractivity contribution is -0.130. The van der Waals surface area contributed by atoms with Crippen molar-refractivity contribution in [1.29, 1.82) is 0 Å². The fourth-order valence-electron chi connectivity index (χ4n) is 2.89. The maximum atomic E-state index is 12.4. The van der Waals surface area contributed by atoms with Gasteiger partial charge in [-0.1, -0.05) is 0 Å². The molecule has 0 aromatic rings. The number of amides is 4. The van der Waals surface area contributed by atoms with Crippen LogP contribution in [0.1, 0.15) is 19.3 Å². The number of aliphatic hydroxyl groups excluding tert-OH is 1. The molecule has 0 bridgehead atoms. The summed E-state index contributed by atoms with van der Waals surface area (Å²) in [5.74, 6) is -1.96. The van der Waals surface area contributed by atoms with Gasteiger partial charge >= 0.3 is 12.3 Å². The average molecular weight is 642 g/mol. The zero-order valence-corrected chi connectivity index (χ0v) is 25.2. The van der Waals surface area contributed by atoms with E-state index in [-0.39, 0.29) is 70.0 Å². The number of aliphatic hydroxyl groups is 1. The van der Waals surface area contributed by atoms with Crippen LogP contribution in [-0.4, -0.2) is 138 Å². The molecule has 8 N–H and O–H groups in total. The SMILES string of the molecule is COC(=O)OCCC[C@H](CSC[C@H](N)C(=O)N[C@@H](CO)C(=O)NCCOCCOCCC(=O)NCC(N)=O)OC(=O)OC. The molecule has 0 aromatic carbocycles. The first-order valence-corrected chi connectivity index (χ1v) is 14.4. The van der Waals surface area contributed by atoms with E-state index < -0.39 is 54.8 Å². The average Bonchev–Trinajstić information content (AvgIpc) is 2.98. The van der Waals surface area contributed by atoms with Crippen LogP contribution in [0.15, 0.2) is 0 Å². The monoisotopic (exact) mass is 641 g/mol. The van der Waals surface area contributed by atoms with Gasteiger partial charge in [0, 0.05) is 24.5 Å². The summed E-state index contributed by atoms with van der Waals surface area (Å²) < 4.78 is 29.4. The minimum atomic E-state index is -1.24. The van der Waals surface area contributed by atoms with Crippen molar-refractivity contribution in [2.24, 2.45) is 11.5 Å². The van der Waals surface area contributed by atoms with Crippen LogP contribution in [0.4, 0.5) is 9.59 Å². The first-order valence-electron chi connectivity index (χ1n) is 13.2. The van der Waals surface area contributed by atoms with E-state index in [2.05, 4.69) is 25.4 Å². The van der Waals surface area contributed by atoms with Gasteiger partial charge in [-0.25, -0.2) is 9.59 Å². The van der Waals surface area contributed by atoms with E-state index in [0.717, 1.165) is 7.11 Å². The van der Waals surface area contributed by atoms with Gasteiger partial charge < -0.3 is 60.9 Å². The van der Waals surface area contributed by atoms with Gasteiger partial charge in [0.15, 0.2) is 0 Å². The predicted molar refractivity (Wildman–Crippen MR) is 151 cm³/mol. The van der Waals surface area contributed by atoms with Gasteiger partial charge in [-0.2, -0.15) is 11.8 Å². The maximum Gasteiger partial charge on any atom is 0.508 e. The third-order valence-corrected chi connectivity index (χ3v) is 6.29. The Hall–Kier alpha value is -3.39. The molecule has 0 rings (SSSR count). The molecular weight excluding hydrogens is 598 g/mol. The molecule has 18 nitrogen and oxygen atoms in total. The van der Waals surface area contributed by atoms with Gasteiger partial charge in [-0.05, 0) is 12.8 Å². The molecule has 19 heteroatoms. The first-order chi connectivity index (χ1) is 20.5. The normalized spacial score (nSPS) is 12.7. The number of nitrogens with one attached hydrogen (secondary N) is 3. The van der Waals surface area contributed by atoms with Gasteiger partial charge in [-0.3, -0.25) is 19.2 Å². The van der Waals surface area contributed by atoms with Crippen molar-refractivity contribution in [3.63, 3.8) is 0 Å². The van der Waals surface area contributed by atoms with E-state index in [1.165, 1.54) is 18.9 Å². The van der Waals surface area contributed by atoms with Gasteiger partial charge in [0.1, 0.15) is 12.1 Å². The molecule has 3 atom stereocenters. The van der Waals surface area contributed by atoms with Crippen LogP contribution in [0.25, 0.3) is 0 Å². The smallest absolute Gasteiger partial charge is 0.438 e. The lowest BCUT2D eigenvalue weighted by Crippen LogP contribution is -2.54. The highest BCUT2D eigenvalue weighted by Gasteiger charge is 2.24. The Morgan fingerprint density at radius 1 is 0.860 bits per heavy atom. The maximum absolute atomic E-state index is 12.4. The molecule has 4 amide bonds. The molecule has 0 spiro atoms. The lowest BCUT2D eigenvalue weighted by Gasteiger charge is -2.20. The van der Waals surface area contributed by atoms with Gasteiger partial charge in [0.2, 0.25) is 23.6 Å². The van der Waals surface area contributed by atoms with Gasteiger partial charge in [0.05, 0.1) is 66.4 Å². The standard InChI is InChI=1S/C24H43N5O13S/c1-37-23(35)41-7-3-4-16(42-24(36)38-2)14-43-15-17(25)21(33)29-18(13-30)22(34)27-6-9-40-11-10-39-8-5-20(32)28-12-19(26)31/h16-18,30H,3-15,25H2,1-2H3,(H2,26,31)(H,27,34)(H,28,32)(H,29,33)/t16-,17+,18+/m1/s1. The number of hydrogen-bond acceptors (Lipinski definition) is 15. The Kier molecular flexibility index (Phi) is 23.2. The van der Waals surface area contributed by atoms with Crippen LogP contribution >= 0.6 is 11.8 Å². The van der Waals surface area contributed by atoms with Crippen molar-refractivity contribution in [2.75, 3.05) is 78.5 Å². The van der Waals surface area contributed by atoms with Gasteiger partial charge in [0.25, 0.3) is 0 Å². The summed E-state index contributed by atoms with van der Waals surface area (Å²) in [5, 5.41) is 16.8. The summed E-state index contributed by atoms with van der Waals surface area (Å²) in [6.07, 6.45) is -1.57. The zero-order valence-electron chi connectivity index (χ0n) is 24.3. The number of carbonyl (C=O) groups is 6. The second-order valence-electron chi connectivity index (χ2n) is 8.54. The summed E-state index contributed by atoms with van der Waals surface area (Å²) in [6.45, 7) is -0.125. The molecule has 0 aliphatic rings. The Bertz CT molecular complexity index is 867. The number of rotatable bonds is 24. The van der Waals surface area contributed by atoms with Crippen LogP contribution in [0.3, 0.4) is 0 Å². The van der Waals surface area contributed by atoms with E-state index >= 15 is 0 Å². The lowest BCUT2D eigenvalue weighted by atomic mass is 10.2. The van der Waals surface area contributed by atoms with Crippen molar-refractivity contribution < 1.29 is 62.3 Å². The van der Waals surface area contributed by atoms with Crippen molar-refractivity contribution in [1.82, 2.24) is 16.0 Å². The number of ether oxygens (including phenoxy) is 6. The molecule has 0 unspecified atom stereocenters. The molecule has 43 heavy (non-hydrogen) atoms. The van der Waals surface area contributed by atoms with Crippen LogP contribution in [0.2, 0.25) is 0 Å². The van der Waals surface area contributed by atoms with Crippen LogP contribution in [0.5, 0.6) is 0 Å². The number of thioether (sulfide) groups is 1.